The second-order valence-corrected chi connectivity index (χ2v) is 11.2. The highest BCUT2D eigenvalue weighted by atomic mass is 32.1. The Morgan fingerprint density at radius 1 is 1.19 bits per heavy atom. The molecular formula is C30H30F3N5O4S. The van der Waals surface area contributed by atoms with Gasteiger partial charge in [-0.2, -0.15) is 13.2 Å². The molecule has 1 unspecified atom stereocenters. The summed E-state index contributed by atoms with van der Waals surface area (Å²) in [5.41, 5.74) is 0.167. The first-order valence-corrected chi connectivity index (χ1v) is 14.7. The number of ether oxygens (including phenoxy) is 1. The molecule has 0 aliphatic carbocycles. The van der Waals surface area contributed by atoms with Crippen molar-refractivity contribution in [2.45, 2.75) is 39.9 Å². The van der Waals surface area contributed by atoms with E-state index in [0.29, 0.717) is 34.7 Å². The van der Waals surface area contributed by atoms with Crippen LogP contribution in [0.15, 0.2) is 46.8 Å². The molecule has 9 nitrogen and oxygen atoms in total. The van der Waals surface area contributed by atoms with Gasteiger partial charge in [-0.05, 0) is 56.1 Å². The number of benzene rings is 1. The molecule has 1 aliphatic rings. The van der Waals surface area contributed by atoms with Crippen LogP contribution in [0.1, 0.15) is 43.2 Å². The molecule has 1 atom stereocenters. The van der Waals surface area contributed by atoms with Crippen LogP contribution in [0.3, 0.4) is 0 Å². The van der Waals surface area contributed by atoms with E-state index < -0.39 is 29.2 Å². The SMILES string of the molecule is CCOC(=O)c1cn(CC2CCN(CC)C2)c2ccc(-c3cnc(NC(C)=O)cc3-c3nc(C(F)(F)F)cs3)cc2c1=O. The van der Waals surface area contributed by atoms with E-state index in [4.69, 9.17) is 4.74 Å². The van der Waals surface area contributed by atoms with Gasteiger partial charge in [0.15, 0.2) is 5.69 Å². The summed E-state index contributed by atoms with van der Waals surface area (Å²) >= 11 is 0.804. The molecule has 43 heavy (non-hydrogen) atoms. The van der Waals surface area contributed by atoms with Gasteiger partial charge in [0.1, 0.15) is 16.4 Å². The molecule has 1 amide bonds. The second-order valence-electron chi connectivity index (χ2n) is 10.4. The van der Waals surface area contributed by atoms with Crippen LogP contribution in [0.2, 0.25) is 0 Å². The number of alkyl halides is 3. The molecule has 4 heterocycles. The maximum atomic E-state index is 13.6. The molecule has 0 radical (unpaired) electrons. The topological polar surface area (TPSA) is 106 Å². The van der Waals surface area contributed by atoms with Crippen LogP contribution in [-0.4, -0.2) is 57.6 Å². The summed E-state index contributed by atoms with van der Waals surface area (Å²) < 4.78 is 47.3. The van der Waals surface area contributed by atoms with Gasteiger partial charge in [-0.1, -0.05) is 13.0 Å². The van der Waals surface area contributed by atoms with Crippen LogP contribution in [-0.2, 0) is 22.3 Å². The van der Waals surface area contributed by atoms with Crippen molar-refractivity contribution in [1.82, 2.24) is 19.4 Å². The number of anilines is 1. The Bertz CT molecular complexity index is 1750. The van der Waals surface area contributed by atoms with Crippen LogP contribution in [0.5, 0.6) is 0 Å². The van der Waals surface area contributed by atoms with Gasteiger partial charge in [0.05, 0.1) is 12.1 Å². The smallest absolute Gasteiger partial charge is 0.434 e. The Hall–Kier alpha value is -4.10. The molecule has 1 saturated heterocycles. The third-order valence-corrected chi connectivity index (χ3v) is 8.27. The molecule has 1 fully saturated rings. The van der Waals surface area contributed by atoms with Gasteiger partial charge in [0.25, 0.3) is 0 Å². The number of likely N-dealkylation sites (tertiary alicyclic amines) is 1. The molecule has 0 spiro atoms. The van der Waals surface area contributed by atoms with Crippen molar-refractivity contribution in [3.05, 3.63) is 63.5 Å². The van der Waals surface area contributed by atoms with Gasteiger partial charge in [-0.25, -0.2) is 14.8 Å². The van der Waals surface area contributed by atoms with Gasteiger partial charge in [-0.15, -0.1) is 11.3 Å². The summed E-state index contributed by atoms with van der Waals surface area (Å²) in [6.07, 6.45) is -0.673. The normalized spacial score (nSPS) is 15.6. The number of hydrogen-bond acceptors (Lipinski definition) is 8. The Balaban J connectivity index is 1.66. The molecule has 5 rings (SSSR count). The number of rotatable bonds is 8. The van der Waals surface area contributed by atoms with Crippen molar-refractivity contribution in [3.63, 3.8) is 0 Å². The molecule has 3 aromatic heterocycles. The van der Waals surface area contributed by atoms with E-state index in [1.165, 1.54) is 19.2 Å². The lowest BCUT2D eigenvalue weighted by atomic mass is 9.99. The number of nitrogens with zero attached hydrogens (tertiary/aromatic N) is 4. The predicted molar refractivity (Wildman–Crippen MR) is 158 cm³/mol. The first-order chi connectivity index (χ1) is 20.5. The Morgan fingerprint density at radius 2 is 1.98 bits per heavy atom. The highest BCUT2D eigenvalue weighted by Crippen LogP contribution is 2.39. The van der Waals surface area contributed by atoms with Gasteiger partial charge < -0.3 is 19.5 Å². The van der Waals surface area contributed by atoms with Crippen LogP contribution in [0, 0.1) is 5.92 Å². The molecule has 4 aromatic rings. The highest BCUT2D eigenvalue weighted by molar-refractivity contribution is 7.13. The Kier molecular flexibility index (Phi) is 8.65. The third kappa shape index (κ3) is 6.47. The molecule has 0 saturated carbocycles. The van der Waals surface area contributed by atoms with Crippen LogP contribution < -0.4 is 10.7 Å². The maximum absolute atomic E-state index is 13.6. The monoisotopic (exact) mass is 613 g/mol. The maximum Gasteiger partial charge on any atom is 0.434 e. The Morgan fingerprint density at radius 3 is 2.63 bits per heavy atom. The average Bonchev–Trinajstić information content (AvgIpc) is 3.64. The van der Waals surface area contributed by atoms with E-state index in [1.54, 1.807) is 31.3 Å². The minimum Gasteiger partial charge on any atom is -0.462 e. The zero-order valence-electron chi connectivity index (χ0n) is 23.8. The zero-order valence-corrected chi connectivity index (χ0v) is 24.6. The first-order valence-electron chi connectivity index (χ1n) is 13.9. The second kappa shape index (κ2) is 12.3. The summed E-state index contributed by atoms with van der Waals surface area (Å²) in [6.45, 7) is 8.59. The lowest BCUT2D eigenvalue weighted by Gasteiger charge is -2.18. The minimum atomic E-state index is -4.63. The van der Waals surface area contributed by atoms with E-state index >= 15 is 0 Å². The van der Waals surface area contributed by atoms with E-state index in [0.717, 1.165) is 42.8 Å². The first kappa shape index (κ1) is 30.4. The molecule has 1 aromatic carbocycles. The predicted octanol–water partition coefficient (Wildman–Crippen LogP) is 5.68. The number of esters is 1. The van der Waals surface area contributed by atoms with E-state index in [1.807, 2.05) is 4.57 Å². The quantitative estimate of drug-likeness (QED) is 0.255. The summed E-state index contributed by atoms with van der Waals surface area (Å²) in [5.74, 6) is -0.659. The highest BCUT2D eigenvalue weighted by Gasteiger charge is 2.34. The lowest BCUT2D eigenvalue weighted by Crippen LogP contribution is -2.24. The van der Waals surface area contributed by atoms with Crippen molar-refractivity contribution >= 4 is 39.9 Å². The van der Waals surface area contributed by atoms with Crippen LogP contribution in [0.4, 0.5) is 19.0 Å². The minimum absolute atomic E-state index is 0.0656. The number of carbonyl (C=O) groups is 2. The standard InChI is InChI=1S/C30H30F3N5O4S/c1-4-37-9-8-18(13-37)14-38-15-23(29(41)42-5-2)27(40)21-10-19(6-7-24(21)38)22-12-34-26(35-17(3)39)11-20(22)28-36-25(16-43-28)30(31,32)33/h6-7,10-12,15-16,18H,4-5,8-9,13-14H2,1-3H3,(H,34,35,39). The number of carbonyl (C=O) groups excluding carboxylic acids is 2. The van der Waals surface area contributed by atoms with Gasteiger partial charge in [0.2, 0.25) is 11.3 Å². The van der Waals surface area contributed by atoms with Crippen molar-refractivity contribution in [2.75, 3.05) is 31.6 Å². The number of aromatic nitrogens is 3. The molecule has 13 heteroatoms. The van der Waals surface area contributed by atoms with Crippen molar-refractivity contribution < 1.29 is 27.5 Å². The average molecular weight is 614 g/mol. The lowest BCUT2D eigenvalue weighted by molar-refractivity contribution is -0.140. The van der Waals surface area contributed by atoms with Crippen LogP contribution >= 0.6 is 11.3 Å². The summed E-state index contributed by atoms with van der Waals surface area (Å²) in [6, 6.07) is 6.59. The van der Waals surface area contributed by atoms with Crippen LogP contribution in [0.25, 0.3) is 32.6 Å². The summed E-state index contributed by atoms with van der Waals surface area (Å²) in [7, 11) is 0. The van der Waals surface area contributed by atoms with E-state index in [-0.39, 0.29) is 28.4 Å². The summed E-state index contributed by atoms with van der Waals surface area (Å²) in [4.78, 5) is 48.5. The number of amides is 1. The largest absolute Gasteiger partial charge is 0.462 e. The molecular weight excluding hydrogens is 583 g/mol. The van der Waals surface area contributed by atoms with E-state index in [9.17, 15) is 27.6 Å². The molecule has 1 aliphatic heterocycles. The van der Waals surface area contributed by atoms with E-state index in [2.05, 4.69) is 27.1 Å². The third-order valence-electron chi connectivity index (χ3n) is 7.39. The number of hydrogen-bond donors (Lipinski definition) is 1. The van der Waals surface area contributed by atoms with Crippen molar-refractivity contribution in [3.8, 4) is 21.7 Å². The van der Waals surface area contributed by atoms with Crippen molar-refractivity contribution in [2.24, 2.45) is 5.92 Å². The number of pyridine rings is 2. The number of thiazole rings is 1. The number of nitrogens with one attached hydrogen (secondary N) is 1. The molecule has 1 N–H and O–H groups in total. The van der Waals surface area contributed by atoms with Gasteiger partial charge in [0, 0.05) is 54.3 Å². The fourth-order valence-corrected chi connectivity index (χ4v) is 6.19. The molecule has 226 valence electrons. The zero-order chi connectivity index (χ0) is 30.9. The fourth-order valence-electron chi connectivity index (χ4n) is 5.34. The Labute approximate surface area is 249 Å². The van der Waals surface area contributed by atoms with Gasteiger partial charge >= 0.3 is 12.1 Å². The number of halogens is 3. The summed E-state index contributed by atoms with van der Waals surface area (Å²) in [5, 5.41) is 3.80. The van der Waals surface area contributed by atoms with Crippen molar-refractivity contribution in [1.29, 1.82) is 0 Å². The number of fused-ring (bicyclic) bond motifs is 1. The fraction of sp³-hybridized carbons (Fsp3) is 0.367. The van der Waals surface area contributed by atoms with Gasteiger partial charge in [-0.3, -0.25) is 9.59 Å². The molecule has 0 bridgehead atoms.